The summed E-state index contributed by atoms with van der Waals surface area (Å²) >= 11 is 0. The van der Waals surface area contributed by atoms with Crippen molar-refractivity contribution in [3.63, 3.8) is 0 Å². The lowest BCUT2D eigenvalue weighted by Gasteiger charge is -2.18. The zero-order chi connectivity index (χ0) is 23.8. The number of carbonyl (C=O) groups excluding carboxylic acids is 2. The number of rotatable bonds is 7. The maximum atomic E-state index is 13.3. The molecule has 1 aromatic carbocycles. The number of ether oxygens (including phenoxy) is 2. The molecule has 174 valence electrons. The second-order valence-corrected chi connectivity index (χ2v) is 7.52. The number of anilines is 3. The Kier molecular flexibility index (Phi) is 5.88. The van der Waals surface area contributed by atoms with Crippen LogP contribution in [0.4, 0.5) is 30.4 Å². The number of hydrogen-bond donors (Lipinski definition) is 2. The van der Waals surface area contributed by atoms with E-state index in [4.69, 9.17) is 4.74 Å². The maximum Gasteiger partial charge on any atom is 0.573 e. The first-order chi connectivity index (χ1) is 15.7. The number of hydrogen-bond acceptors (Lipinski definition) is 6. The van der Waals surface area contributed by atoms with Crippen molar-refractivity contribution in [2.24, 2.45) is 5.92 Å². The average Bonchev–Trinajstić information content (AvgIpc) is 3.54. The number of pyridine rings is 1. The largest absolute Gasteiger partial charge is 0.573 e. The Morgan fingerprint density at radius 2 is 1.97 bits per heavy atom. The fraction of sp³-hybridized carbons (Fsp3) is 0.318. The van der Waals surface area contributed by atoms with E-state index in [0.29, 0.717) is 11.9 Å². The van der Waals surface area contributed by atoms with E-state index < -0.39 is 18.1 Å². The van der Waals surface area contributed by atoms with Gasteiger partial charge in [0.2, 0.25) is 5.91 Å². The number of esters is 1. The first-order valence-corrected chi connectivity index (χ1v) is 10.2. The zero-order valence-corrected chi connectivity index (χ0v) is 17.8. The lowest BCUT2D eigenvalue weighted by atomic mass is 10.1. The Balaban J connectivity index is 1.79. The number of fused-ring (bicyclic) bond motifs is 1. The summed E-state index contributed by atoms with van der Waals surface area (Å²) in [4.78, 5) is 28.4. The van der Waals surface area contributed by atoms with E-state index in [1.807, 2.05) is 0 Å². The van der Waals surface area contributed by atoms with Crippen LogP contribution in [0.3, 0.4) is 0 Å². The summed E-state index contributed by atoms with van der Waals surface area (Å²) in [5.41, 5.74) is 0.301. The van der Waals surface area contributed by atoms with E-state index in [1.54, 1.807) is 29.8 Å². The third-order valence-electron chi connectivity index (χ3n) is 5.22. The fourth-order valence-corrected chi connectivity index (χ4v) is 3.46. The van der Waals surface area contributed by atoms with Crippen LogP contribution in [0.25, 0.3) is 10.9 Å². The van der Waals surface area contributed by atoms with Crippen molar-refractivity contribution in [1.82, 2.24) is 9.55 Å². The van der Waals surface area contributed by atoms with Gasteiger partial charge in [0, 0.05) is 36.3 Å². The summed E-state index contributed by atoms with van der Waals surface area (Å²) in [5.74, 6) is -1.33. The normalized spacial score (nSPS) is 13.6. The van der Waals surface area contributed by atoms with Crippen molar-refractivity contribution in [3.05, 3.63) is 42.2 Å². The van der Waals surface area contributed by atoms with Crippen molar-refractivity contribution in [2.75, 3.05) is 17.7 Å². The van der Waals surface area contributed by atoms with Gasteiger partial charge in [-0.3, -0.25) is 4.79 Å². The van der Waals surface area contributed by atoms with Gasteiger partial charge in [0.05, 0.1) is 24.0 Å². The lowest BCUT2D eigenvalue weighted by Crippen LogP contribution is -2.19. The number of aromatic nitrogens is 2. The molecule has 11 heteroatoms. The quantitative estimate of drug-likeness (QED) is 0.489. The molecule has 1 aliphatic carbocycles. The number of methoxy groups -OCH3 is 1. The van der Waals surface area contributed by atoms with Crippen LogP contribution >= 0.6 is 0 Å². The Morgan fingerprint density at radius 3 is 2.61 bits per heavy atom. The van der Waals surface area contributed by atoms with Gasteiger partial charge in [0.1, 0.15) is 11.4 Å². The molecule has 0 unspecified atom stereocenters. The molecule has 1 aliphatic rings. The second-order valence-electron chi connectivity index (χ2n) is 7.52. The van der Waals surface area contributed by atoms with Crippen LogP contribution in [0.2, 0.25) is 0 Å². The molecule has 4 rings (SSSR count). The molecule has 1 saturated carbocycles. The third kappa shape index (κ3) is 4.86. The van der Waals surface area contributed by atoms with Gasteiger partial charge in [-0.1, -0.05) is 6.07 Å². The highest BCUT2D eigenvalue weighted by molar-refractivity contribution is 6.00. The number of halogens is 3. The van der Waals surface area contributed by atoms with Crippen molar-refractivity contribution >= 4 is 40.0 Å². The van der Waals surface area contributed by atoms with Crippen molar-refractivity contribution in [1.29, 1.82) is 0 Å². The molecule has 0 aliphatic heterocycles. The molecule has 2 N–H and O–H groups in total. The number of alkyl halides is 3. The van der Waals surface area contributed by atoms with Crippen molar-refractivity contribution in [2.45, 2.75) is 32.7 Å². The number of nitrogens with one attached hydrogen (secondary N) is 2. The molecule has 1 amide bonds. The molecular weight excluding hydrogens is 441 g/mol. The molecule has 0 atom stereocenters. The van der Waals surface area contributed by atoms with E-state index in [-0.39, 0.29) is 40.1 Å². The number of carbonyl (C=O) groups is 2. The van der Waals surface area contributed by atoms with Crippen LogP contribution in [0.1, 0.15) is 30.1 Å². The van der Waals surface area contributed by atoms with E-state index in [9.17, 15) is 22.8 Å². The standard InChI is InChI=1S/C22H21F3N4O4/c1-3-29-9-8-12-6-7-15(19(18(12)29)33-22(23,24)25)27-16-10-17(28-20(30)13-4-5-13)26-11-14(16)21(31)32-2/h6-11,13H,3-5H2,1-2H3,(H2,26,27,28,30). The first kappa shape index (κ1) is 22.4. The van der Waals surface area contributed by atoms with Gasteiger partial charge in [-0.05, 0) is 31.9 Å². The Morgan fingerprint density at radius 1 is 1.21 bits per heavy atom. The van der Waals surface area contributed by atoms with Gasteiger partial charge in [-0.2, -0.15) is 0 Å². The SMILES string of the molecule is CCn1ccc2ccc(Nc3cc(NC(=O)C4CC4)ncc3C(=O)OC)c(OC(F)(F)F)c21. The molecule has 0 bridgehead atoms. The van der Waals surface area contributed by atoms with Gasteiger partial charge >= 0.3 is 12.3 Å². The Labute approximate surface area is 186 Å². The maximum absolute atomic E-state index is 13.3. The van der Waals surface area contributed by atoms with Crippen LogP contribution in [0.15, 0.2) is 36.7 Å². The van der Waals surface area contributed by atoms with Gasteiger partial charge in [0.25, 0.3) is 0 Å². The molecule has 2 aromatic heterocycles. The third-order valence-corrected chi connectivity index (χ3v) is 5.22. The predicted octanol–water partition coefficient (Wildman–Crippen LogP) is 4.83. The van der Waals surface area contributed by atoms with Crippen molar-refractivity contribution in [3.8, 4) is 5.75 Å². The highest BCUT2D eigenvalue weighted by atomic mass is 19.4. The summed E-state index contributed by atoms with van der Waals surface area (Å²) < 4.78 is 50.7. The molecule has 0 radical (unpaired) electrons. The monoisotopic (exact) mass is 462 g/mol. The van der Waals surface area contributed by atoms with E-state index in [2.05, 4.69) is 20.4 Å². The van der Waals surface area contributed by atoms with Crippen LogP contribution in [-0.4, -0.2) is 34.9 Å². The second kappa shape index (κ2) is 8.64. The average molecular weight is 462 g/mol. The van der Waals surface area contributed by atoms with Crippen molar-refractivity contribution < 1.29 is 32.2 Å². The first-order valence-electron chi connectivity index (χ1n) is 10.2. The van der Waals surface area contributed by atoms with Gasteiger partial charge in [-0.25, -0.2) is 9.78 Å². The van der Waals surface area contributed by atoms with Crippen LogP contribution < -0.4 is 15.4 Å². The van der Waals surface area contributed by atoms with E-state index in [0.717, 1.165) is 12.8 Å². The molecule has 0 saturated heterocycles. The van der Waals surface area contributed by atoms with Gasteiger partial charge in [-0.15, -0.1) is 13.2 Å². The van der Waals surface area contributed by atoms with Crippen LogP contribution in [0.5, 0.6) is 5.75 Å². The molecule has 3 aromatic rings. The topological polar surface area (TPSA) is 94.5 Å². The Bertz CT molecular complexity index is 1220. The summed E-state index contributed by atoms with van der Waals surface area (Å²) in [6.45, 7) is 2.21. The lowest BCUT2D eigenvalue weighted by molar-refractivity contribution is -0.273. The van der Waals surface area contributed by atoms with Crippen LogP contribution in [0, 0.1) is 5.92 Å². The summed E-state index contributed by atoms with van der Waals surface area (Å²) in [5, 5.41) is 6.05. The van der Waals surface area contributed by atoms with E-state index in [1.165, 1.54) is 25.4 Å². The molecule has 8 nitrogen and oxygen atoms in total. The molecule has 33 heavy (non-hydrogen) atoms. The summed E-state index contributed by atoms with van der Waals surface area (Å²) in [6.07, 6.45) is -0.525. The van der Waals surface area contributed by atoms with Crippen LogP contribution in [-0.2, 0) is 16.1 Å². The fourth-order valence-electron chi connectivity index (χ4n) is 3.46. The molecule has 0 spiro atoms. The zero-order valence-electron chi connectivity index (χ0n) is 17.8. The smallest absolute Gasteiger partial charge is 0.465 e. The number of aryl methyl sites for hydroxylation is 1. The van der Waals surface area contributed by atoms with Gasteiger partial charge < -0.3 is 24.7 Å². The number of amides is 1. The summed E-state index contributed by atoms with van der Waals surface area (Å²) in [6, 6.07) is 6.12. The highest BCUT2D eigenvalue weighted by Crippen LogP contribution is 2.40. The summed E-state index contributed by atoms with van der Waals surface area (Å²) in [7, 11) is 1.17. The number of nitrogens with zero attached hydrogens (tertiary/aromatic N) is 2. The molecular formula is C22H21F3N4O4. The Hall–Kier alpha value is -3.76. The minimum Gasteiger partial charge on any atom is -0.465 e. The minimum atomic E-state index is -4.94. The minimum absolute atomic E-state index is 0.0224. The molecule has 2 heterocycles. The van der Waals surface area contributed by atoms with Gasteiger partial charge in [0.15, 0.2) is 5.75 Å². The van der Waals surface area contributed by atoms with E-state index >= 15 is 0 Å². The number of benzene rings is 1. The predicted molar refractivity (Wildman–Crippen MR) is 115 cm³/mol. The molecule has 1 fully saturated rings. The highest BCUT2D eigenvalue weighted by Gasteiger charge is 2.34.